The van der Waals surface area contributed by atoms with E-state index in [1.165, 1.54) is 59.1 Å². The smallest absolute Gasteiger partial charge is 0.135 e. The Morgan fingerprint density at radius 1 is 0.361 bits per heavy atom. The molecule has 0 N–H and O–H groups in total. The predicted molar refractivity (Wildman–Crippen MR) is 255 cm³/mol. The number of benzene rings is 9. The highest BCUT2D eigenvalue weighted by atomic mass is 32.1. The fraction of sp³-hybridized carbons (Fsp3) is 0.0175. The Bertz CT molecular complexity index is 3460. The number of hydrogen-bond donors (Lipinski definition) is 0. The van der Waals surface area contributed by atoms with Crippen LogP contribution in [0.4, 0.5) is 34.1 Å². The molecule has 0 bridgehead atoms. The summed E-state index contributed by atoms with van der Waals surface area (Å²) < 4.78 is 9.83. The van der Waals surface area contributed by atoms with E-state index in [0.29, 0.717) is 0 Å². The van der Waals surface area contributed by atoms with Crippen LogP contribution in [-0.2, 0) is 5.41 Å². The minimum absolute atomic E-state index is 0.726. The normalized spacial score (nSPS) is 14.6. The quantitative estimate of drug-likeness (QED) is 0.167. The van der Waals surface area contributed by atoms with Crippen molar-refractivity contribution in [2.24, 2.45) is 0 Å². The molecule has 0 aliphatic heterocycles. The van der Waals surface area contributed by atoms with Crippen molar-refractivity contribution >= 4 is 76.6 Å². The Hall–Kier alpha value is -7.66. The van der Waals surface area contributed by atoms with Gasteiger partial charge in [0, 0.05) is 65.1 Å². The summed E-state index contributed by atoms with van der Waals surface area (Å²) in [5.41, 5.74) is 15.3. The first-order valence-corrected chi connectivity index (χ1v) is 21.7. The lowest BCUT2D eigenvalue weighted by molar-refractivity contribution is 0.507. The van der Waals surface area contributed by atoms with Gasteiger partial charge in [-0.15, -0.1) is 11.3 Å². The molecule has 9 aromatic carbocycles. The molecule has 1 spiro atoms. The Balaban J connectivity index is 1.11. The first-order valence-electron chi connectivity index (χ1n) is 20.8. The van der Waals surface area contributed by atoms with E-state index in [4.69, 9.17) is 4.42 Å². The molecule has 2 aromatic heterocycles. The maximum absolute atomic E-state index is 7.24. The van der Waals surface area contributed by atoms with E-state index >= 15 is 0 Å². The number of rotatable bonds is 6. The molecule has 4 heteroatoms. The van der Waals surface area contributed by atoms with Crippen LogP contribution < -0.4 is 9.80 Å². The second kappa shape index (κ2) is 13.2. The van der Waals surface area contributed by atoms with E-state index in [1.54, 1.807) is 0 Å². The van der Waals surface area contributed by atoms with Crippen molar-refractivity contribution < 1.29 is 4.42 Å². The van der Waals surface area contributed by atoms with Gasteiger partial charge in [-0.3, -0.25) is 0 Å². The number of para-hydroxylation sites is 4. The van der Waals surface area contributed by atoms with Crippen molar-refractivity contribution in [3.8, 4) is 22.3 Å². The highest BCUT2D eigenvalue weighted by Gasteiger charge is 2.56. The third-order valence-corrected chi connectivity index (χ3v) is 14.0. The Labute approximate surface area is 357 Å². The van der Waals surface area contributed by atoms with Crippen molar-refractivity contribution in [1.82, 2.24) is 0 Å². The molecule has 11 aromatic rings. The molecule has 61 heavy (non-hydrogen) atoms. The minimum atomic E-state index is -0.726. The highest BCUT2D eigenvalue weighted by molar-refractivity contribution is 7.25. The minimum Gasteiger partial charge on any atom is -0.459 e. The molecule has 0 fully saturated rings. The number of thiophene rings is 1. The van der Waals surface area contributed by atoms with Crippen molar-refractivity contribution in [3.05, 3.63) is 241 Å². The molecule has 2 heterocycles. The van der Waals surface area contributed by atoms with Crippen LogP contribution in [0.2, 0.25) is 0 Å². The highest BCUT2D eigenvalue weighted by Crippen LogP contribution is 2.66. The summed E-state index contributed by atoms with van der Waals surface area (Å²) in [6.45, 7) is 0. The summed E-state index contributed by atoms with van der Waals surface area (Å²) in [4.78, 5) is 4.82. The molecule has 3 nitrogen and oxygen atoms in total. The number of fused-ring (bicyclic) bond motifs is 15. The first-order chi connectivity index (χ1) is 30.3. The first kappa shape index (κ1) is 34.2. The van der Waals surface area contributed by atoms with Crippen LogP contribution in [-0.4, -0.2) is 0 Å². The van der Waals surface area contributed by atoms with E-state index in [9.17, 15) is 0 Å². The van der Waals surface area contributed by atoms with Crippen molar-refractivity contribution in [1.29, 1.82) is 0 Å². The van der Waals surface area contributed by atoms with Crippen LogP contribution in [0.25, 0.3) is 53.4 Å². The summed E-state index contributed by atoms with van der Waals surface area (Å²) in [5.74, 6) is 0.979. The van der Waals surface area contributed by atoms with E-state index in [1.807, 2.05) is 11.3 Å². The third-order valence-electron chi connectivity index (χ3n) is 12.8. The number of nitrogens with zero attached hydrogens (tertiary/aromatic N) is 2. The average Bonchev–Trinajstić information content (AvgIpc) is 4.05. The molecule has 286 valence electrons. The molecule has 2 aliphatic rings. The molecule has 1 atom stereocenters. The van der Waals surface area contributed by atoms with E-state index < -0.39 is 5.41 Å². The van der Waals surface area contributed by atoms with Gasteiger partial charge in [0.1, 0.15) is 16.8 Å². The Morgan fingerprint density at radius 3 is 1.70 bits per heavy atom. The molecule has 0 amide bonds. The summed E-state index contributed by atoms with van der Waals surface area (Å²) >= 11 is 1.85. The zero-order valence-corrected chi connectivity index (χ0v) is 33.8. The molecule has 2 aliphatic carbocycles. The van der Waals surface area contributed by atoms with Crippen molar-refractivity contribution in [2.75, 3.05) is 9.80 Å². The van der Waals surface area contributed by atoms with Crippen LogP contribution in [0, 0.1) is 0 Å². The van der Waals surface area contributed by atoms with E-state index in [2.05, 4.69) is 228 Å². The van der Waals surface area contributed by atoms with Crippen LogP contribution in [0.1, 0.15) is 22.5 Å². The van der Waals surface area contributed by atoms with Gasteiger partial charge < -0.3 is 14.2 Å². The van der Waals surface area contributed by atoms with Crippen molar-refractivity contribution in [3.63, 3.8) is 0 Å². The average molecular weight is 797 g/mol. The number of hydrogen-bond acceptors (Lipinski definition) is 4. The predicted octanol–water partition coefficient (Wildman–Crippen LogP) is 16.1. The maximum atomic E-state index is 7.24. The Morgan fingerprint density at radius 2 is 0.934 bits per heavy atom. The molecular weight excluding hydrogens is 761 g/mol. The molecule has 0 radical (unpaired) electrons. The molecule has 0 saturated carbocycles. The SMILES string of the molecule is c1ccc(N(c2ccccc2)c2ccc3c(c2)C2(c4ccccc4-c4c(N(c5ccccc5)c5ccc6sc7ccccc7c6c5)cccc42)c2oc4ccccc4c2-3)cc1. The summed E-state index contributed by atoms with van der Waals surface area (Å²) in [6.07, 6.45) is 0. The second-order valence-corrected chi connectivity index (χ2v) is 17.1. The second-order valence-electron chi connectivity index (χ2n) is 16.0. The Kier molecular flexibility index (Phi) is 7.39. The maximum Gasteiger partial charge on any atom is 0.135 e. The lowest BCUT2D eigenvalue weighted by Gasteiger charge is -2.31. The summed E-state index contributed by atoms with van der Waals surface area (Å²) in [7, 11) is 0. The van der Waals surface area contributed by atoms with Gasteiger partial charge in [0.05, 0.1) is 5.69 Å². The lowest BCUT2D eigenvalue weighted by Crippen LogP contribution is -2.26. The van der Waals surface area contributed by atoms with E-state index in [-0.39, 0.29) is 0 Å². The number of anilines is 6. The van der Waals surface area contributed by atoms with Gasteiger partial charge in [0.15, 0.2) is 0 Å². The van der Waals surface area contributed by atoms with Gasteiger partial charge in [-0.1, -0.05) is 133 Å². The molecule has 13 rings (SSSR count). The van der Waals surface area contributed by atoms with Crippen molar-refractivity contribution in [2.45, 2.75) is 5.41 Å². The fourth-order valence-corrected chi connectivity index (χ4v) is 11.5. The van der Waals surface area contributed by atoms with Crippen LogP contribution in [0.5, 0.6) is 0 Å². The monoisotopic (exact) mass is 796 g/mol. The fourth-order valence-electron chi connectivity index (χ4n) is 10.4. The zero-order chi connectivity index (χ0) is 40.1. The van der Waals surface area contributed by atoms with Gasteiger partial charge in [-0.2, -0.15) is 0 Å². The largest absolute Gasteiger partial charge is 0.459 e. The topological polar surface area (TPSA) is 19.6 Å². The molecule has 1 unspecified atom stereocenters. The van der Waals surface area contributed by atoms with E-state index in [0.717, 1.165) is 50.9 Å². The van der Waals surface area contributed by atoms with Crippen LogP contribution >= 0.6 is 11.3 Å². The number of furan rings is 1. The van der Waals surface area contributed by atoms with Gasteiger partial charge in [-0.25, -0.2) is 0 Å². The van der Waals surface area contributed by atoms with Gasteiger partial charge in [0.2, 0.25) is 0 Å². The van der Waals surface area contributed by atoms with Gasteiger partial charge >= 0.3 is 0 Å². The van der Waals surface area contributed by atoms with Gasteiger partial charge in [-0.05, 0) is 113 Å². The van der Waals surface area contributed by atoms with Crippen LogP contribution in [0.3, 0.4) is 0 Å². The molecule has 0 saturated heterocycles. The summed E-state index contributed by atoms with van der Waals surface area (Å²) in [5, 5.41) is 3.69. The zero-order valence-electron chi connectivity index (χ0n) is 33.0. The van der Waals surface area contributed by atoms with Gasteiger partial charge in [0.25, 0.3) is 0 Å². The van der Waals surface area contributed by atoms with Crippen LogP contribution in [0.15, 0.2) is 223 Å². The standard InChI is InChI=1S/C57H36N2OS/c1-4-17-37(18-5-1)58(38-19-6-2-7-20-38)41-31-33-44-49(36-41)57(56-54(44)45-25-11-14-29-51(45)60-56)47-26-13-10-24-43(47)55-48(57)27-16-28-50(55)59(39-21-8-3-9-22-39)40-32-34-53-46(35-40)42-23-12-15-30-52(42)61-53/h1-36H. The lowest BCUT2D eigenvalue weighted by atomic mass is 9.73. The summed E-state index contributed by atoms with van der Waals surface area (Å²) in [6, 6.07) is 79.4. The third kappa shape index (κ3) is 4.85. The molecular formula is C57H36N2OS.